The summed E-state index contributed by atoms with van der Waals surface area (Å²) in [5.41, 5.74) is 2.03. The Bertz CT molecular complexity index is 923. The van der Waals surface area contributed by atoms with E-state index in [9.17, 15) is 4.79 Å². The smallest absolute Gasteiger partial charge is 0.233 e. The molecule has 1 amide bonds. The molecule has 7 nitrogen and oxygen atoms in total. The number of nitrogens with zero attached hydrogens (tertiary/aromatic N) is 3. The molecule has 29 heavy (non-hydrogen) atoms. The van der Waals surface area contributed by atoms with Gasteiger partial charge in [0.2, 0.25) is 5.91 Å². The predicted octanol–water partition coefficient (Wildman–Crippen LogP) is 3.53. The maximum Gasteiger partial charge on any atom is 0.233 e. The van der Waals surface area contributed by atoms with Crippen LogP contribution in [0.1, 0.15) is 24.7 Å². The average Bonchev–Trinajstić information content (AvgIpc) is 3.32. The number of amides is 1. The molecule has 2 aromatic heterocycles. The van der Waals surface area contributed by atoms with Gasteiger partial charge in [-0.05, 0) is 31.9 Å². The molecule has 8 heteroatoms. The summed E-state index contributed by atoms with van der Waals surface area (Å²) in [6.45, 7) is 5.60. The first-order valence-electron chi connectivity index (χ1n) is 9.55. The molecule has 154 valence electrons. The molecule has 1 unspecified atom stereocenters. The van der Waals surface area contributed by atoms with E-state index in [1.807, 2.05) is 42.7 Å². The Hall–Kier alpha value is -2.58. The van der Waals surface area contributed by atoms with E-state index in [1.165, 1.54) is 11.8 Å². The van der Waals surface area contributed by atoms with Gasteiger partial charge in [0.05, 0.1) is 23.6 Å². The van der Waals surface area contributed by atoms with E-state index >= 15 is 0 Å². The highest BCUT2D eigenvalue weighted by atomic mass is 32.2. The second-order valence-electron chi connectivity index (χ2n) is 6.67. The molecule has 3 aromatic rings. The van der Waals surface area contributed by atoms with Crippen molar-refractivity contribution in [3.05, 3.63) is 54.0 Å². The van der Waals surface area contributed by atoms with Gasteiger partial charge in [-0.2, -0.15) is 0 Å². The molecule has 3 rings (SSSR count). The topological polar surface area (TPSA) is 82.2 Å². The summed E-state index contributed by atoms with van der Waals surface area (Å²) in [6.07, 6.45) is 2.43. The third-order valence-corrected chi connectivity index (χ3v) is 5.56. The lowest BCUT2D eigenvalue weighted by Gasteiger charge is -2.14. The average molecular weight is 415 g/mol. The number of thioether (sulfide) groups is 1. The minimum Gasteiger partial charge on any atom is -0.469 e. The Morgan fingerprint density at radius 1 is 1.28 bits per heavy atom. The number of furan rings is 1. The number of ether oxygens (including phenoxy) is 1. The SMILES string of the molecule is COCCCNC(=O)C(C)Sc1nnc(-c2ccoc2C)n1Cc1ccccc1. The van der Waals surface area contributed by atoms with E-state index in [0.717, 1.165) is 29.1 Å². The highest BCUT2D eigenvalue weighted by Crippen LogP contribution is 2.29. The number of aromatic nitrogens is 3. The first kappa shape index (κ1) is 21.1. The van der Waals surface area contributed by atoms with Crippen LogP contribution in [0.3, 0.4) is 0 Å². The van der Waals surface area contributed by atoms with E-state index in [-0.39, 0.29) is 11.2 Å². The zero-order chi connectivity index (χ0) is 20.6. The third kappa shape index (κ3) is 5.48. The van der Waals surface area contributed by atoms with Crippen LogP contribution in [0.15, 0.2) is 52.2 Å². The third-order valence-electron chi connectivity index (χ3n) is 4.48. The zero-order valence-electron chi connectivity index (χ0n) is 16.9. The molecular weight excluding hydrogens is 388 g/mol. The first-order valence-corrected chi connectivity index (χ1v) is 10.4. The lowest BCUT2D eigenvalue weighted by atomic mass is 10.2. The van der Waals surface area contributed by atoms with Crippen LogP contribution in [-0.2, 0) is 16.1 Å². The molecule has 0 bridgehead atoms. The van der Waals surface area contributed by atoms with Crippen molar-refractivity contribution in [1.82, 2.24) is 20.1 Å². The summed E-state index contributed by atoms with van der Waals surface area (Å²) < 4.78 is 12.5. The van der Waals surface area contributed by atoms with Crippen molar-refractivity contribution in [2.24, 2.45) is 0 Å². The lowest BCUT2D eigenvalue weighted by molar-refractivity contribution is -0.120. The monoisotopic (exact) mass is 414 g/mol. The van der Waals surface area contributed by atoms with E-state index in [4.69, 9.17) is 9.15 Å². The van der Waals surface area contributed by atoms with Crippen molar-refractivity contribution in [1.29, 1.82) is 0 Å². The van der Waals surface area contributed by atoms with Crippen molar-refractivity contribution >= 4 is 17.7 Å². The summed E-state index contributed by atoms with van der Waals surface area (Å²) in [7, 11) is 1.65. The molecule has 0 saturated carbocycles. The van der Waals surface area contributed by atoms with E-state index in [2.05, 4.69) is 27.6 Å². The van der Waals surface area contributed by atoms with Crippen LogP contribution in [0.2, 0.25) is 0 Å². The van der Waals surface area contributed by atoms with Crippen LogP contribution < -0.4 is 5.32 Å². The standard InChI is InChI=1S/C21H26N4O3S/c1-15-18(10-13-28-15)19-23-24-21(25(19)14-17-8-5-4-6-9-17)29-16(2)20(26)22-11-7-12-27-3/h4-6,8-10,13,16H,7,11-12,14H2,1-3H3,(H,22,26). The Balaban J connectivity index is 1.80. The molecule has 0 aliphatic carbocycles. The van der Waals surface area contributed by atoms with Gasteiger partial charge in [0, 0.05) is 20.3 Å². The molecule has 1 N–H and O–H groups in total. The second kappa shape index (κ2) is 10.3. The van der Waals surface area contributed by atoms with Gasteiger partial charge in [-0.15, -0.1) is 10.2 Å². The van der Waals surface area contributed by atoms with Crippen LogP contribution in [0.4, 0.5) is 0 Å². The van der Waals surface area contributed by atoms with Gasteiger partial charge >= 0.3 is 0 Å². The fourth-order valence-corrected chi connectivity index (χ4v) is 3.76. The quantitative estimate of drug-likeness (QED) is 0.404. The molecule has 0 saturated heterocycles. The molecule has 0 spiro atoms. The molecule has 1 aromatic carbocycles. The molecule has 0 aliphatic rings. The van der Waals surface area contributed by atoms with Gasteiger partial charge in [-0.3, -0.25) is 9.36 Å². The minimum absolute atomic E-state index is 0.0265. The maximum atomic E-state index is 12.4. The van der Waals surface area contributed by atoms with Gasteiger partial charge < -0.3 is 14.5 Å². The fraction of sp³-hybridized carbons (Fsp3) is 0.381. The zero-order valence-corrected chi connectivity index (χ0v) is 17.7. The van der Waals surface area contributed by atoms with Gasteiger partial charge in [0.15, 0.2) is 11.0 Å². The summed E-state index contributed by atoms with van der Waals surface area (Å²) in [4.78, 5) is 12.4. The van der Waals surface area contributed by atoms with Gasteiger partial charge in [0.25, 0.3) is 0 Å². The van der Waals surface area contributed by atoms with E-state index in [1.54, 1.807) is 13.4 Å². The molecule has 1 atom stereocenters. The number of benzene rings is 1. The molecule has 0 aliphatic heterocycles. The van der Waals surface area contributed by atoms with Crippen molar-refractivity contribution in [3.63, 3.8) is 0 Å². The number of aryl methyl sites for hydroxylation is 1. The van der Waals surface area contributed by atoms with Crippen molar-refractivity contribution in [2.75, 3.05) is 20.3 Å². The Morgan fingerprint density at radius 2 is 2.07 bits per heavy atom. The molecular formula is C21H26N4O3S. The number of methoxy groups -OCH3 is 1. The lowest BCUT2D eigenvalue weighted by Crippen LogP contribution is -2.32. The summed E-state index contributed by atoms with van der Waals surface area (Å²) in [5.74, 6) is 1.49. The maximum absolute atomic E-state index is 12.4. The number of hydrogen-bond donors (Lipinski definition) is 1. The van der Waals surface area contributed by atoms with Crippen molar-refractivity contribution < 1.29 is 13.9 Å². The predicted molar refractivity (Wildman–Crippen MR) is 113 cm³/mol. The van der Waals surface area contributed by atoms with Crippen LogP contribution in [-0.4, -0.2) is 46.2 Å². The molecule has 0 radical (unpaired) electrons. The summed E-state index contributed by atoms with van der Waals surface area (Å²) >= 11 is 1.40. The second-order valence-corrected chi connectivity index (χ2v) is 7.97. The number of rotatable bonds is 10. The summed E-state index contributed by atoms with van der Waals surface area (Å²) in [6, 6.07) is 12.0. The number of hydrogen-bond acceptors (Lipinski definition) is 6. The largest absolute Gasteiger partial charge is 0.469 e. The van der Waals surface area contributed by atoms with Crippen LogP contribution in [0, 0.1) is 6.92 Å². The van der Waals surface area contributed by atoms with E-state index in [0.29, 0.717) is 24.9 Å². The van der Waals surface area contributed by atoms with Crippen LogP contribution in [0.25, 0.3) is 11.4 Å². The number of carbonyl (C=O) groups excluding carboxylic acids is 1. The minimum atomic E-state index is -0.297. The van der Waals surface area contributed by atoms with Crippen LogP contribution >= 0.6 is 11.8 Å². The van der Waals surface area contributed by atoms with Crippen LogP contribution in [0.5, 0.6) is 0 Å². The Morgan fingerprint density at radius 3 is 2.76 bits per heavy atom. The first-order chi connectivity index (χ1) is 14.1. The molecule has 2 heterocycles. The summed E-state index contributed by atoms with van der Waals surface area (Å²) in [5, 5.41) is 12.1. The number of carbonyl (C=O) groups is 1. The van der Waals surface area contributed by atoms with Gasteiger partial charge in [-0.1, -0.05) is 42.1 Å². The Labute approximate surface area is 174 Å². The molecule has 0 fully saturated rings. The highest BCUT2D eigenvalue weighted by molar-refractivity contribution is 8.00. The normalized spacial score (nSPS) is 12.1. The highest BCUT2D eigenvalue weighted by Gasteiger charge is 2.22. The van der Waals surface area contributed by atoms with E-state index < -0.39 is 0 Å². The van der Waals surface area contributed by atoms with Crippen molar-refractivity contribution in [3.8, 4) is 11.4 Å². The number of nitrogens with one attached hydrogen (secondary N) is 1. The fourth-order valence-electron chi connectivity index (χ4n) is 2.88. The van der Waals surface area contributed by atoms with Crippen molar-refractivity contribution in [2.45, 2.75) is 37.2 Å². The van der Waals surface area contributed by atoms with Gasteiger partial charge in [0.1, 0.15) is 5.76 Å². The van der Waals surface area contributed by atoms with Gasteiger partial charge in [-0.25, -0.2) is 0 Å². The Kier molecular flexibility index (Phi) is 7.48.